The normalized spacial score (nSPS) is 20.2. The molecule has 1 saturated heterocycles. The van der Waals surface area contributed by atoms with Crippen molar-refractivity contribution in [2.45, 2.75) is 13.0 Å². The highest BCUT2D eigenvalue weighted by Gasteiger charge is 2.20. The highest BCUT2D eigenvalue weighted by molar-refractivity contribution is 5.90. The summed E-state index contributed by atoms with van der Waals surface area (Å²) in [6.45, 7) is 5.95. The second-order valence-corrected chi connectivity index (χ2v) is 4.50. The van der Waals surface area contributed by atoms with Crippen LogP contribution >= 0.6 is 0 Å². The Morgan fingerprint density at radius 3 is 3.05 bits per heavy atom. The van der Waals surface area contributed by atoms with Crippen molar-refractivity contribution in [3.63, 3.8) is 0 Å². The predicted molar refractivity (Wildman–Crippen MR) is 70.8 cm³/mol. The lowest BCUT2D eigenvalue weighted by molar-refractivity contribution is -0.0465. The maximum Gasteiger partial charge on any atom is 0.339 e. The molecule has 1 aromatic carbocycles. The van der Waals surface area contributed by atoms with Gasteiger partial charge in [0.05, 0.1) is 6.61 Å². The molecular formula is C14H19NO4. The number of benzene rings is 1. The van der Waals surface area contributed by atoms with Crippen molar-refractivity contribution in [2.24, 2.45) is 0 Å². The van der Waals surface area contributed by atoms with E-state index in [1.807, 2.05) is 0 Å². The van der Waals surface area contributed by atoms with Crippen molar-refractivity contribution in [3.8, 4) is 5.75 Å². The van der Waals surface area contributed by atoms with E-state index in [1.165, 1.54) is 6.07 Å². The molecule has 0 bridgehead atoms. The van der Waals surface area contributed by atoms with Crippen molar-refractivity contribution in [2.75, 3.05) is 32.8 Å². The summed E-state index contributed by atoms with van der Waals surface area (Å²) in [4.78, 5) is 13.3. The molecule has 1 aliphatic rings. The Bertz CT molecular complexity index is 435. The van der Waals surface area contributed by atoms with Crippen molar-refractivity contribution < 1.29 is 19.4 Å². The molecule has 1 aromatic rings. The van der Waals surface area contributed by atoms with E-state index in [-0.39, 0.29) is 11.7 Å². The first-order valence-corrected chi connectivity index (χ1v) is 6.49. The van der Waals surface area contributed by atoms with Gasteiger partial charge in [-0.2, -0.15) is 0 Å². The maximum atomic E-state index is 11.1. The molecule has 0 radical (unpaired) electrons. The van der Waals surface area contributed by atoms with Gasteiger partial charge in [-0.3, -0.25) is 4.90 Å². The quantitative estimate of drug-likeness (QED) is 0.874. The molecule has 2 rings (SSSR count). The SMILES string of the molecule is CCN1CCOC(COc2ccccc2C(=O)O)C1. The first kappa shape index (κ1) is 13.8. The Labute approximate surface area is 112 Å². The van der Waals surface area contributed by atoms with Crippen molar-refractivity contribution in [1.29, 1.82) is 0 Å². The number of rotatable bonds is 5. The standard InChI is InChI=1S/C14H19NO4/c1-2-15-7-8-18-11(9-15)10-19-13-6-4-3-5-12(13)14(16)17/h3-6,11H,2,7-10H2,1H3,(H,16,17). The van der Waals surface area contributed by atoms with Gasteiger partial charge in [0.2, 0.25) is 0 Å². The molecule has 0 spiro atoms. The second kappa shape index (κ2) is 6.54. The van der Waals surface area contributed by atoms with Gasteiger partial charge in [-0.05, 0) is 18.7 Å². The minimum Gasteiger partial charge on any atom is -0.490 e. The number of morpholine rings is 1. The molecule has 1 unspecified atom stereocenters. The van der Waals surface area contributed by atoms with Crippen LogP contribution in [-0.2, 0) is 4.74 Å². The topological polar surface area (TPSA) is 59.0 Å². The first-order valence-electron chi connectivity index (χ1n) is 6.49. The van der Waals surface area contributed by atoms with Crippen molar-refractivity contribution in [1.82, 2.24) is 4.90 Å². The van der Waals surface area contributed by atoms with Gasteiger partial charge in [-0.25, -0.2) is 4.79 Å². The van der Waals surface area contributed by atoms with E-state index in [4.69, 9.17) is 14.6 Å². The summed E-state index contributed by atoms with van der Waals surface area (Å²) < 4.78 is 11.2. The number of carboxylic acids is 1. The number of hydrogen-bond donors (Lipinski definition) is 1. The summed E-state index contributed by atoms with van der Waals surface area (Å²) in [7, 11) is 0. The summed E-state index contributed by atoms with van der Waals surface area (Å²) in [5.41, 5.74) is 0.186. The number of aromatic carboxylic acids is 1. The van der Waals surface area contributed by atoms with Gasteiger partial charge < -0.3 is 14.6 Å². The molecule has 5 nitrogen and oxygen atoms in total. The average Bonchev–Trinajstić information content (AvgIpc) is 2.45. The smallest absolute Gasteiger partial charge is 0.339 e. The summed E-state index contributed by atoms with van der Waals surface area (Å²) in [6.07, 6.45) is -0.00412. The number of carbonyl (C=O) groups is 1. The fourth-order valence-corrected chi connectivity index (χ4v) is 2.12. The first-order chi connectivity index (χ1) is 9.20. The fourth-order valence-electron chi connectivity index (χ4n) is 2.12. The van der Waals surface area contributed by atoms with Crippen LogP contribution in [0.2, 0.25) is 0 Å². The molecule has 1 atom stereocenters. The highest BCUT2D eigenvalue weighted by atomic mass is 16.5. The fraction of sp³-hybridized carbons (Fsp3) is 0.500. The predicted octanol–water partition coefficient (Wildman–Crippen LogP) is 1.48. The van der Waals surface area contributed by atoms with Gasteiger partial charge in [-0.1, -0.05) is 19.1 Å². The second-order valence-electron chi connectivity index (χ2n) is 4.50. The summed E-state index contributed by atoms with van der Waals surface area (Å²) in [5, 5.41) is 9.06. The Hall–Kier alpha value is -1.59. The van der Waals surface area contributed by atoms with Gasteiger partial charge >= 0.3 is 5.97 Å². The lowest BCUT2D eigenvalue weighted by atomic mass is 10.2. The number of ether oxygens (including phenoxy) is 2. The third-order valence-corrected chi connectivity index (χ3v) is 3.21. The molecule has 104 valence electrons. The van der Waals surface area contributed by atoms with Crippen LogP contribution in [0.5, 0.6) is 5.75 Å². The zero-order valence-corrected chi connectivity index (χ0v) is 11.0. The lowest BCUT2D eigenvalue weighted by Gasteiger charge is -2.31. The number of nitrogens with zero attached hydrogens (tertiary/aromatic N) is 1. The van der Waals surface area contributed by atoms with Crippen LogP contribution in [0.15, 0.2) is 24.3 Å². The van der Waals surface area contributed by atoms with Crippen molar-refractivity contribution >= 4 is 5.97 Å². The van der Waals surface area contributed by atoms with E-state index in [0.29, 0.717) is 19.0 Å². The minimum atomic E-state index is -0.977. The molecule has 1 fully saturated rings. The summed E-state index contributed by atoms with van der Waals surface area (Å²) >= 11 is 0. The molecule has 1 heterocycles. The molecule has 19 heavy (non-hydrogen) atoms. The van der Waals surface area contributed by atoms with Crippen LogP contribution in [0.1, 0.15) is 17.3 Å². The van der Waals surface area contributed by atoms with Crippen LogP contribution in [-0.4, -0.2) is 54.9 Å². The number of likely N-dealkylation sites (N-methyl/N-ethyl adjacent to an activating group) is 1. The van der Waals surface area contributed by atoms with Crippen LogP contribution in [0.3, 0.4) is 0 Å². The van der Waals surface area contributed by atoms with E-state index < -0.39 is 5.97 Å². The number of para-hydroxylation sites is 1. The van der Waals surface area contributed by atoms with E-state index in [1.54, 1.807) is 18.2 Å². The van der Waals surface area contributed by atoms with Gasteiger partial charge in [0.1, 0.15) is 24.0 Å². The Kier molecular flexibility index (Phi) is 4.76. The third kappa shape index (κ3) is 3.68. The zero-order valence-electron chi connectivity index (χ0n) is 11.0. The van der Waals surface area contributed by atoms with E-state index in [0.717, 1.165) is 19.6 Å². The van der Waals surface area contributed by atoms with Gasteiger partial charge in [-0.15, -0.1) is 0 Å². The molecule has 0 saturated carbocycles. The van der Waals surface area contributed by atoms with E-state index in [2.05, 4.69) is 11.8 Å². The maximum absolute atomic E-state index is 11.1. The molecule has 1 N–H and O–H groups in total. The lowest BCUT2D eigenvalue weighted by Crippen LogP contribution is -2.44. The largest absolute Gasteiger partial charge is 0.490 e. The average molecular weight is 265 g/mol. The monoisotopic (exact) mass is 265 g/mol. The minimum absolute atomic E-state index is 0.00412. The molecule has 0 aromatic heterocycles. The summed E-state index contributed by atoms with van der Waals surface area (Å²) in [6, 6.07) is 6.66. The Morgan fingerprint density at radius 1 is 1.53 bits per heavy atom. The summed E-state index contributed by atoms with van der Waals surface area (Å²) in [5.74, 6) is -0.581. The molecule has 1 aliphatic heterocycles. The molecule has 5 heteroatoms. The zero-order chi connectivity index (χ0) is 13.7. The van der Waals surface area contributed by atoms with Crippen LogP contribution in [0.4, 0.5) is 0 Å². The Morgan fingerprint density at radius 2 is 2.32 bits per heavy atom. The third-order valence-electron chi connectivity index (χ3n) is 3.21. The van der Waals surface area contributed by atoms with E-state index in [9.17, 15) is 4.79 Å². The molecule has 0 amide bonds. The number of carboxylic acid groups (broad SMARTS) is 1. The van der Waals surface area contributed by atoms with Gasteiger partial charge in [0.25, 0.3) is 0 Å². The van der Waals surface area contributed by atoms with E-state index >= 15 is 0 Å². The van der Waals surface area contributed by atoms with Crippen LogP contribution < -0.4 is 4.74 Å². The van der Waals surface area contributed by atoms with Crippen molar-refractivity contribution in [3.05, 3.63) is 29.8 Å². The van der Waals surface area contributed by atoms with Gasteiger partial charge in [0, 0.05) is 13.1 Å². The molecular weight excluding hydrogens is 246 g/mol. The molecule has 0 aliphatic carbocycles. The number of hydrogen-bond acceptors (Lipinski definition) is 4. The Balaban J connectivity index is 1.93. The van der Waals surface area contributed by atoms with Gasteiger partial charge in [0.15, 0.2) is 0 Å². The van der Waals surface area contributed by atoms with Crippen LogP contribution in [0, 0.1) is 0 Å². The van der Waals surface area contributed by atoms with Crippen LogP contribution in [0.25, 0.3) is 0 Å². The highest BCUT2D eigenvalue weighted by Crippen LogP contribution is 2.18.